The average Bonchev–Trinajstić information content (AvgIpc) is 2.49. The molecule has 1 atom stereocenters. The highest BCUT2D eigenvalue weighted by Crippen LogP contribution is 2.32. The minimum Gasteiger partial charge on any atom is -0.467 e. The number of esters is 1. The topological polar surface area (TPSA) is 111 Å². The van der Waals surface area contributed by atoms with E-state index in [0.29, 0.717) is 17.9 Å². The molecule has 1 fully saturated rings. The highest BCUT2D eigenvalue weighted by molar-refractivity contribution is 6.11. The highest BCUT2D eigenvalue weighted by atomic mass is 16.6. The number of hydrogen-bond acceptors (Lipinski definition) is 7. The lowest BCUT2D eigenvalue weighted by Gasteiger charge is -2.42. The molecule has 1 aliphatic rings. The van der Waals surface area contributed by atoms with Crippen LogP contribution in [0.25, 0.3) is 0 Å². The maximum absolute atomic E-state index is 12.8. The van der Waals surface area contributed by atoms with Crippen molar-refractivity contribution in [3.8, 4) is 0 Å². The van der Waals surface area contributed by atoms with Gasteiger partial charge in [0, 0.05) is 6.42 Å². The van der Waals surface area contributed by atoms with Crippen molar-refractivity contribution in [1.29, 1.82) is 0 Å². The van der Waals surface area contributed by atoms with Crippen LogP contribution >= 0.6 is 0 Å². The number of methoxy groups -OCH3 is 1. The Labute approximate surface area is 159 Å². The van der Waals surface area contributed by atoms with Gasteiger partial charge < -0.3 is 14.2 Å². The van der Waals surface area contributed by atoms with Crippen LogP contribution in [0.3, 0.4) is 0 Å². The summed E-state index contributed by atoms with van der Waals surface area (Å²) in [5.74, 6) is -1.46. The Morgan fingerprint density at radius 3 is 2.00 bits per heavy atom. The number of hydrogen-bond donors (Lipinski definition) is 1. The van der Waals surface area contributed by atoms with Crippen molar-refractivity contribution in [2.45, 2.75) is 84.0 Å². The highest BCUT2D eigenvalue weighted by Gasteiger charge is 2.56. The fourth-order valence-corrected chi connectivity index (χ4v) is 2.72. The van der Waals surface area contributed by atoms with Crippen LogP contribution in [-0.2, 0) is 23.8 Å². The van der Waals surface area contributed by atoms with Crippen molar-refractivity contribution in [2.75, 3.05) is 7.11 Å². The zero-order valence-corrected chi connectivity index (χ0v) is 17.1. The number of amides is 2. The molecule has 1 rings (SSSR count). The Balaban J connectivity index is 3.35. The van der Waals surface area contributed by atoms with E-state index in [2.05, 4.69) is 5.43 Å². The lowest BCUT2D eigenvalue weighted by Crippen LogP contribution is -2.69. The summed E-state index contributed by atoms with van der Waals surface area (Å²) in [6.07, 6.45) is -0.885. The van der Waals surface area contributed by atoms with E-state index in [4.69, 9.17) is 14.2 Å². The van der Waals surface area contributed by atoms with E-state index in [1.165, 1.54) is 0 Å². The summed E-state index contributed by atoms with van der Waals surface area (Å²) < 4.78 is 15.3. The number of nitrogens with zero attached hydrogens (tertiary/aromatic N) is 1. The van der Waals surface area contributed by atoms with Crippen molar-refractivity contribution < 1.29 is 33.4 Å². The second kappa shape index (κ2) is 8.14. The average molecular weight is 386 g/mol. The van der Waals surface area contributed by atoms with Crippen LogP contribution in [-0.4, -0.2) is 52.8 Å². The van der Waals surface area contributed by atoms with Gasteiger partial charge in [-0.2, -0.15) is 5.01 Å². The van der Waals surface area contributed by atoms with Gasteiger partial charge in [-0.15, -0.1) is 0 Å². The lowest BCUT2D eigenvalue weighted by atomic mass is 9.80. The molecule has 1 N–H and O–H groups in total. The number of nitrogens with one attached hydrogen (secondary N) is 1. The molecule has 0 aromatic heterocycles. The van der Waals surface area contributed by atoms with Gasteiger partial charge in [0.25, 0.3) is 0 Å². The molecule has 0 heterocycles. The normalized spacial score (nSPS) is 20.5. The molecule has 0 radical (unpaired) electrons. The number of ether oxygens (including phenoxy) is 3. The molecule has 0 saturated heterocycles. The third-order valence-corrected chi connectivity index (χ3v) is 3.74. The third-order valence-electron chi connectivity index (χ3n) is 3.74. The quantitative estimate of drug-likeness (QED) is 0.336. The van der Waals surface area contributed by atoms with Gasteiger partial charge in [0.05, 0.1) is 7.11 Å². The van der Waals surface area contributed by atoms with E-state index in [1.54, 1.807) is 41.5 Å². The molecule has 1 saturated carbocycles. The van der Waals surface area contributed by atoms with Crippen LogP contribution in [0.1, 0.15) is 67.2 Å². The first-order valence-electron chi connectivity index (χ1n) is 8.87. The van der Waals surface area contributed by atoms with Gasteiger partial charge in [0.1, 0.15) is 11.2 Å². The maximum Gasteiger partial charge on any atom is 0.430 e. The molecule has 0 bridgehead atoms. The van der Waals surface area contributed by atoms with E-state index in [1.807, 2.05) is 0 Å². The Morgan fingerprint density at radius 2 is 1.56 bits per heavy atom. The summed E-state index contributed by atoms with van der Waals surface area (Å²) in [4.78, 5) is 50.4. The van der Waals surface area contributed by atoms with Crippen LogP contribution in [0.4, 0.5) is 9.59 Å². The minimum atomic E-state index is -1.99. The largest absolute Gasteiger partial charge is 0.467 e. The molecule has 154 valence electrons. The number of Topliss-reactive ketones (excluding diaryl/α,β-unsaturated/α-hetero) is 1. The zero-order valence-electron chi connectivity index (χ0n) is 17.1. The predicted molar refractivity (Wildman–Crippen MR) is 95.7 cm³/mol. The molecule has 0 aliphatic heterocycles. The molecule has 0 spiro atoms. The second-order valence-electron chi connectivity index (χ2n) is 8.41. The van der Waals surface area contributed by atoms with Gasteiger partial charge in [0.2, 0.25) is 5.54 Å². The van der Waals surface area contributed by atoms with Crippen LogP contribution in [0.15, 0.2) is 0 Å². The summed E-state index contributed by atoms with van der Waals surface area (Å²) in [7, 11) is 1.12. The molecular formula is C18H30N2O7. The van der Waals surface area contributed by atoms with Crippen molar-refractivity contribution in [1.82, 2.24) is 10.4 Å². The maximum atomic E-state index is 12.8. The molecule has 27 heavy (non-hydrogen) atoms. The lowest BCUT2D eigenvalue weighted by molar-refractivity contribution is -0.165. The third kappa shape index (κ3) is 5.83. The van der Waals surface area contributed by atoms with Gasteiger partial charge in [-0.1, -0.05) is 0 Å². The van der Waals surface area contributed by atoms with Crippen LogP contribution in [0.2, 0.25) is 0 Å². The summed E-state index contributed by atoms with van der Waals surface area (Å²) in [5, 5.41) is 0.625. The fraction of sp³-hybridized carbons (Fsp3) is 0.778. The van der Waals surface area contributed by atoms with Crippen LogP contribution in [0.5, 0.6) is 0 Å². The number of carbonyl (C=O) groups is 4. The van der Waals surface area contributed by atoms with Crippen molar-refractivity contribution in [3.05, 3.63) is 0 Å². The monoisotopic (exact) mass is 386 g/mol. The summed E-state index contributed by atoms with van der Waals surface area (Å²) in [6.45, 7) is 9.82. The van der Waals surface area contributed by atoms with E-state index in [-0.39, 0.29) is 12.8 Å². The molecule has 9 heteroatoms. The molecule has 0 aromatic carbocycles. The number of carbonyl (C=O) groups excluding carboxylic acids is 4. The van der Waals surface area contributed by atoms with Crippen molar-refractivity contribution in [2.24, 2.45) is 0 Å². The molecule has 2 amide bonds. The SMILES string of the molecule is COC(=O)C1(N(NC(=O)OC(C)(C)C)C(=O)OC(C)(C)C)CCCCC1=O. The second-order valence-corrected chi connectivity index (χ2v) is 8.41. The first kappa shape index (κ1) is 22.7. The van der Waals surface area contributed by atoms with E-state index in [9.17, 15) is 19.2 Å². The summed E-state index contributed by atoms with van der Waals surface area (Å²) in [5.41, 5.74) is -1.53. The van der Waals surface area contributed by atoms with Gasteiger partial charge >= 0.3 is 18.2 Å². The first-order chi connectivity index (χ1) is 12.2. The Hall–Kier alpha value is -2.32. The molecule has 1 unspecified atom stereocenters. The van der Waals surface area contributed by atoms with Gasteiger partial charge in [-0.3, -0.25) is 4.79 Å². The summed E-state index contributed by atoms with van der Waals surface area (Å²) in [6, 6.07) is 0. The number of hydrazine groups is 1. The fourth-order valence-electron chi connectivity index (χ4n) is 2.72. The van der Waals surface area contributed by atoms with E-state index < -0.39 is 40.7 Å². The predicted octanol–water partition coefficient (Wildman–Crippen LogP) is 2.72. The zero-order chi connectivity index (χ0) is 21.0. The van der Waals surface area contributed by atoms with Crippen LogP contribution < -0.4 is 5.43 Å². The Morgan fingerprint density at radius 1 is 1.00 bits per heavy atom. The molecule has 9 nitrogen and oxygen atoms in total. The van der Waals surface area contributed by atoms with Gasteiger partial charge in [-0.25, -0.2) is 19.8 Å². The molecule has 0 aromatic rings. The number of rotatable bonds is 2. The standard InChI is InChI=1S/C18H30N2O7/c1-16(2,3)26-14(23)19-20(15(24)27-17(4,5)6)18(13(22)25-7)11-9-8-10-12(18)21/h8-11H2,1-7H3,(H,19,23). The Kier molecular flexibility index (Phi) is 6.85. The van der Waals surface area contributed by atoms with Crippen molar-refractivity contribution >= 4 is 23.9 Å². The Bertz CT molecular complexity index is 594. The van der Waals surface area contributed by atoms with Gasteiger partial charge in [-0.05, 0) is 60.8 Å². The summed E-state index contributed by atoms with van der Waals surface area (Å²) >= 11 is 0. The molecular weight excluding hydrogens is 356 g/mol. The van der Waals surface area contributed by atoms with Crippen LogP contribution in [0, 0.1) is 0 Å². The number of ketones is 1. The van der Waals surface area contributed by atoms with Crippen molar-refractivity contribution in [3.63, 3.8) is 0 Å². The van der Waals surface area contributed by atoms with E-state index >= 15 is 0 Å². The van der Waals surface area contributed by atoms with Gasteiger partial charge in [0.15, 0.2) is 5.78 Å². The first-order valence-corrected chi connectivity index (χ1v) is 8.87. The molecule has 1 aliphatic carbocycles. The smallest absolute Gasteiger partial charge is 0.430 e. The minimum absolute atomic E-state index is 0.00749. The van der Waals surface area contributed by atoms with E-state index in [0.717, 1.165) is 7.11 Å².